The van der Waals surface area contributed by atoms with Crippen molar-refractivity contribution in [2.75, 3.05) is 6.61 Å². The van der Waals surface area contributed by atoms with Gasteiger partial charge >= 0.3 is 0 Å². The number of ether oxygens (including phenoxy) is 1. The van der Waals surface area contributed by atoms with Crippen molar-refractivity contribution in [1.82, 2.24) is 9.38 Å². The van der Waals surface area contributed by atoms with Crippen molar-refractivity contribution < 1.29 is 4.74 Å². The molecular weight excluding hydrogens is 248 g/mol. The Labute approximate surface area is 118 Å². The molecule has 0 spiro atoms. The fourth-order valence-corrected chi connectivity index (χ4v) is 2.23. The highest BCUT2D eigenvalue weighted by molar-refractivity contribution is 5.64. The maximum Gasteiger partial charge on any atom is 0.140 e. The van der Waals surface area contributed by atoms with Gasteiger partial charge in [-0.1, -0.05) is 13.0 Å². The summed E-state index contributed by atoms with van der Waals surface area (Å²) in [5.41, 5.74) is 4.29. The predicted octanol–water partition coefficient (Wildman–Crippen LogP) is 4.10. The molecule has 0 amide bonds. The molecule has 0 atom stereocenters. The fourth-order valence-electron chi connectivity index (χ4n) is 2.23. The summed E-state index contributed by atoms with van der Waals surface area (Å²) in [7, 11) is 0. The summed E-state index contributed by atoms with van der Waals surface area (Å²) in [6.45, 7) is 4.94. The Kier molecular flexibility index (Phi) is 3.42. The van der Waals surface area contributed by atoms with E-state index in [4.69, 9.17) is 9.72 Å². The number of imidazole rings is 1. The zero-order valence-electron chi connectivity index (χ0n) is 11.8. The Morgan fingerprint density at radius 2 is 1.95 bits per heavy atom. The number of nitrogens with zero attached hydrogens (tertiary/aromatic N) is 2. The molecule has 0 radical (unpaired) electrons. The van der Waals surface area contributed by atoms with E-state index in [-0.39, 0.29) is 0 Å². The molecule has 1 aromatic carbocycles. The number of pyridine rings is 1. The van der Waals surface area contributed by atoms with E-state index in [1.54, 1.807) is 0 Å². The van der Waals surface area contributed by atoms with Crippen molar-refractivity contribution in [2.45, 2.75) is 20.3 Å². The molecule has 2 aromatic heterocycles. The highest BCUT2D eigenvalue weighted by atomic mass is 16.5. The third-order valence-corrected chi connectivity index (χ3v) is 3.30. The number of rotatable bonds is 4. The van der Waals surface area contributed by atoms with Gasteiger partial charge in [-0.25, -0.2) is 4.98 Å². The monoisotopic (exact) mass is 266 g/mol. The lowest BCUT2D eigenvalue weighted by molar-refractivity contribution is 0.317. The number of hydrogen-bond acceptors (Lipinski definition) is 2. The van der Waals surface area contributed by atoms with Crippen LogP contribution >= 0.6 is 0 Å². The maximum absolute atomic E-state index is 5.60. The predicted molar refractivity (Wildman–Crippen MR) is 81.2 cm³/mol. The van der Waals surface area contributed by atoms with Gasteiger partial charge < -0.3 is 9.14 Å². The van der Waals surface area contributed by atoms with Gasteiger partial charge in [0.1, 0.15) is 11.4 Å². The van der Waals surface area contributed by atoms with Gasteiger partial charge in [0, 0.05) is 18.0 Å². The van der Waals surface area contributed by atoms with E-state index in [2.05, 4.69) is 42.6 Å². The van der Waals surface area contributed by atoms with Crippen LogP contribution in [-0.2, 0) is 0 Å². The van der Waals surface area contributed by atoms with E-state index < -0.39 is 0 Å². The normalized spacial score (nSPS) is 10.9. The second-order valence-electron chi connectivity index (χ2n) is 4.92. The highest BCUT2D eigenvalue weighted by Crippen LogP contribution is 2.23. The minimum absolute atomic E-state index is 0.757. The minimum atomic E-state index is 0.757. The van der Waals surface area contributed by atoms with Crippen LogP contribution in [0.4, 0.5) is 0 Å². The van der Waals surface area contributed by atoms with Crippen LogP contribution in [0.15, 0.2) is 48.8 Å². The van der Waals surface area contributed by atoms with Gasteiger partial charge in [-0.2, -0.15) is 0 Å². The SMILES string of the molecule is CCCOc1ccc(-c2cn3cccc(C)c3n2)cc1. The number of hydrogen-bond donors (Lipinski definition) is 0. The quantitative estimate of drug-likeness (QED) is 0.710. The third kappa shape index (κ3) is 2.39. The van der Waals surface area contributed by atoms with E-state index in [1.165, 1.54) is 5.56 Å². The van der Waals surface area contributed by atoms with Crippen LogP contribution in [0.2, 0.25) is 0 Å². The third-order valence-electron chi connectivity index (χ3n) is 3.30. The second kappa shape index (κ2) is 5.37. The van der Waals surface area contributed by atoms with Gasteiger partial charge in [-0.05, 0) is 49.2 Å². The van der Waals surface area contributed by atoms with Crippen molar-refractivity contribution >= 4 is 5.65 Å². The molecule has 0 fully saturated rings. The van der Waals surface area contributed by atoms with Crippen LogP contribution in [0.1, 0.15) is 18.9 Å². The lowest BCUT2D eigenvalue weighted by atomic mass is 10.2. The topological polar surface area (TPSA) is 26.5 Å². The van der Waals surface area contributed by atoms with E-state index in [9.17, 15) is 0 Å². The number of benzene rings is 1. The van der Waals surface area contributed by atoms with Gasteiger partial charge in [-0.3, -0.25) is 0 Å². The van der Waals surface area contributed by atoms with Crippen LogP contribution in [0.5, 0.6) is 5.75 Å². The van der Waals surface area contributed by atoms with Gasteiger partial charge in [0.05, 0.1) is 12.3 Å². The Morgan fingerprint density at radius 3 is 2.65 bits per heavy atom. The Hall–Kier alpha value is -2.29. The van der Waals surface area contributed by atoms with E-state index in [1.807, 2.05) is 24.4 Å². The van der Waals surface area contributed by atoms with Crippen LogP contribution < -0.4 is 4.74 Å². The summed E-state index contributed by atoms with van der Waals surface area (Å²) < 4.78 is 7.66. The van der Waals surface area contributed by atoms with Crippen molar-refractivity contribution in [3.63, 3.8) is 0 Å². The average Bonchev–Trinajstić information content (AvgIpc) is 2.91. The smallest absolute Gasteiger partial charge is 0.140 e. The van der Waals surface area contributed by atoms with Crippen molar-refractivity contribution in [3.8, 4) is 17.0 Å². The van der Waals surface area contributed by atoms with Crippen molar-refractivity contribution in [3.05, 3.63) is 54.4 Å². The molecular formula is C17H18N2O. The molecule has 102 valence electrons. The highest BCUT2D eigenvalue weighted by Gasteiger charge is 2.06. The Morgan fingerprint density at radius 1 is 1.15 bits per heavy atom. The summed E-state index contributed by atoms with van der Waals surface area (Å²) >= 11 is 0. The minimum Gasteiger partial charge on any atom is -0.494 e. The average molecular weight is 266 g/mol. The summed E-state index contributed by atoms with van der Waals surface area (Å²) in [6.07, 6.45) is 5.11. The lowest BCUT2D eigenvalue weighted by Crippen LogP contribution is -1.94. The van der Waals surface area contributed by atoms with E-state index in [0.29, 0.717) is 0 Å². The van der Waals surface area contributed by atoms with Gasteiger partial charge in [0.25, 0.3) is 0 Å². The maximum atomic E-state index is 5.60. The van der Waals surface area contributed by atoms with Crippen LogP contribution in [0.25, 0.3) is 16.9 Å². The van der Waals surface area contributed by atoms with E-state index in [0.717, 1.165) is 35.7 Å². The molecule has 0 saturated heterocycles. The van der Waals surface area contributed by atoms with Gasteiger partial charge in [0.2, 0.25) is 0 Å². The van der Waals surface area contributed by atoms with Gasteiger partial charge in [0.15, 0.2) is 0 Å². The molecule has 3 heteroatoms. The zero-order valence-corrected chi connectivity index (χ0v) is 11.8. The van der Waals surface area contributed by atoms with Crippen LogP contribution in [0.3, 0.4) is 0 Å². The van der Waals surface area contributed by atoms with Gasteiger partial charge in [-0.15, -0.1) is 0 Å². The molecule has 0 aliphatic rings. The van der Waals surface area contributed by atoms with E-state index >= 15 is 0 Å². The Balaban J connectivity index is 1.92. The first-order chi connectivity index (χ1) is 9.78. The summed E-state index contributed by atoms with van der Waals surface area (Å²) in [5, 5.41) is 0. The summed E-state index contributed by atoms with van der Waals surface area (Å²) in [6, 6.07) is 12.2. The first-order valence-corrected chi connectivity index (χ1v) is 6.95. The van der Waals surface area contributed by atoms with Crippen molar-refractivity contribution in [2.24, 2.45) is 0 Å². The molecule has 2 heterocycles. The van der Waals surface area contributed by atoms with Crippen LogP contribution in [-0.4, -0.2) is 16.0 Å². The molecule has 0 bridgehead atoms. The molecule has 20 heavy (non-hydrogen) atoms. The zero-order chi connectivity index (χ0) is 13.9. The largest absolute Gasteiger partial charge is 0.494 e. The molecule has 0 aliphatic carbocycles. The fraction of sp³-hybridized carbons (Fsp3) is 0.235. The summed E-state index contributed by atoms with van der Waals surface area (Å²) in [4.78, 5) is 4.70. The van der Waals surface area contributed by atoms with Crippen molar-refractivity contribution in [1.29, 1.82) is 0 Å². The Bertz CT molecular complexity index is 713. The number of aryl methyl sites for hydroxylation is 1. The standard InChI is InChI=1S/C17H18N2O/c1-3-11-20-15-8-6-14(7-9-15)16-12-19-10-4-5-13(2)17(19)18-16/h4-10,12H,3,11H2,1-2H3. The first-order valence-electron chi connectivity index (χ1n) is 6.95. The molecule has 0 aliphatic heterocycles. The molecule has 3 aromatic rings. The lowest BCUT2D eigenvalue weighted by Gasteiger charge is -2.04. The summed E-state index contributed by atoms with van der Waals surface area (Å²) in [5.74, 6) is 0.913. The van der Waals surface area contributed by atoms with Crippen LogP contribution in [0, 0.1) is 6.92 Å². The molecule has 0 saturated carbocycles. The molecule has 0 unspecified atom stereocenters. The second-order valence-corrected chi connectivity index (χ2v) is 4.92. The molecule has 3 nitrogen and oxygen atoms in total. The molecule has 0 N–H and O–H groups in total. The first kappa shape index (κ1) is 12.7. The number of fused-ring (bicyclic) bond motifs is 1. The molecule has 3 rings (SSSR count). The number of aromatic nitrogens is 2.